The Labute approximate surface area is 206 Å². The lowest BCUT2D eigenvalue weighted by Crippen LogP contribution is -2.01. The molecule has 0 amide bonds. The number of aromatic nitrogens is 6. The first kappa shape index (κ1) is 22.0. The fraction of sp³-hybridized carbons (Fsp3) is 0.185. The molecular weight excluding hydrogens is 459 g/mol. The fourth-order valence-electron chi connectivity index (χ4n) is 4.15. The van der Waals surface area contributed by atoms with E-state index in [9.17, 15) is 0 Å². The van der Waals surface area contributed by atoms with Crippen molar-refractivity contribution in [2.75, 3.05) is 7.11 Å². The molecule has 1 aromatic carbocycles. The number of rotatable bonds is 7. The number of benzene rings is 1. The van der Waals surface area contributed by atoms with E-state index in [1.165, 1.54) is 13.4 Å². The Bertz CT molecular complexity index is 1520. The van der Waals surface area contributed by atoms with Crippen LogP contribution in [-0.4, -0.2) is 37.2 Å². The molecule has 0 atom stereocenters. The number of ether oxygens (including phenoxy) is 1. The Morgan fingerprint density at radius 1 is 0.917 bits per heavy atom. The highest BCUT2D eigenvalue weighted by Gasteiger charge is 2.32. The summed E-state index contributed by atoms with van der Waals surface area (Å²) in [5.41, 5.74) is 4.38. The number of hydrogen-bond donors (Lipinski definition) is 0. The quantitative estimate of drug-likeness (QED) is 0.311. The van der Waals surface area contributed by atoms with Crippen molar-refractivity contribution in [3.05, 3.63) is 90.2 Å². The normalized spacial score (nSPS) is 13.1. The number of methoxy groups -OCH3 is 1. The van der Waals surface area contributed by atoms with Crippen LogP contribution in [0.5, 0.6) is 5.88 Å². The number of hydrogen-bond acceptors (Lipinski definition) is 8. The Kier molecular flexibility index (Phi) is 5.65. The molecule has 6 rings (SSSR count). The van der Waals surface area contributed by atoms with Gasteiger partial charge in [0.25, 0.3) is 5.89 Å². The highest BCUT2D eigenvalue weighted by atomic mass is 19.1. The smallest absolute Gasteiger partial charge is 0.250 e. The summed E-state index contributed by atoms with van der Waals surface area (Å²) in [4.78, 5) is 17.4. The van der Waals surface area contributed by atoms with Gasteiger partial charge in [-0.15, -0.1) is 10.2 Å². The predicted molar refractivity (Wildman–Crippen MR) is 130 cm³/mol. The van der Waals surface area contributed by atoms with Crippen molar-refractivity contribution >= 4 is 0 Å². The topological polar surface area (TPSA) is 99.7 Å². The van der Waals surface area contributed by atoms with Gasteiger partial charge in [0, 0.05) is 23.9 Å². The van der Waals surface area contributed by atoms with Crippen molar-refractivity contribution < 1.29 is 13.5 Å². The fourth-order valence-corrected chi connectivity index (χ4v) is 4.15. The number of nitrogens with zero attached hydrogens (tertiary/aromatic N) is 6. The Morgan fingerprint density at radius 3 is 2.53 bits per heavy atom. The van der Waals surface area contributed by atoms with Crippen LogP contribution in [0.1, 0.15) is 35.9 Å². The summed E-state index contributed by atoms with van der Waals surface area (Å²) in [5.74, 6) is 0.611. The molecule has 0 spiro atoms. The minimum atomic E-state index is -0.482. The van der Waals surface area contributed by atoms with Crippen LogP contribution < -0.4 is 4.74 Å². The molecule has 0 aliphatic heterocycles. The van der Waals surface area contributed by atoms with Gasteiger partial charge in [-0.25, -0.2) is 14.4 Å². The molecule has 36 heavy (non-hydrogen) atoms. The molecule has 1 fully saturated rings. The average Bonchev–Trinajstić information content (AvgIpc) is 3.68. The molecule has 0 bridgehead atoms. The van der Waals surface area contributed by atoms with Gasteiger partial charge >= 0.3 is 0 Å². The van der Waals surface area contributed by atoms with E-state index in [2.05, 4.69) is 30.1 Å². The highest BCUT2D eigenvalue weighted by molar-refractivity contribution is 5.76. The van der Waals surface area contributed by atoms with E-state index >= 15 is 4.39 Å². The summed E-state index contributed by atoms with van der Waals surface area (Å²) < 4.78 is 27.1. The summed E-state index contributed by atoms with van der Waals surface area (Å²) in [6.45, 7) is 0. The van der Waals surface area contributed by atoms with E-state index in [0.717, 1.165) is 35.5 Å². The molecule has 178 valence electrons. The third-order valence-electron chi connectivity index (χ3n) is 6.07. The van der Waals surface area contributed by atoms with Crippen molar-refractivity contribution in [2.45, 2.75) is 25.2 Å². The molecule has 1 aliphatic carbocycles. The summed E-state index contributed by atoms with van der Waals surface area (Å²) in [5, 5.41) is 8.23. The maximum absolute atomic E-state index is 15.8. The van der Waals surface area contributed by atoms with Gasteiger partial charge in [-0.2, -0.15) is 0 Å². The lowest BCUT2D eigenvalue weighted by atomic mass is 9.99. The van der Waals surface area contributed by atoms with Crippen LogP contribution in [0.3, 0.4) is 0 Å². The van der Waals surface area contributed by atoms with Gasteiger partial charge in [-0.1, -0.05) is 24.3 Å². The molecule has 1 saturated carbocycles. The Balaban J connectivity index is 1.28. The van der Waals surface area contributed by atoms with E-state index in [4.69, 9.17) is 9.15 Å². The molecule has 4 heterocycles. The van der Waals surface area contributed by atoms with Crippen LogP contribution in [0, 0.1) is 5.82 Å². The minimum Gasteiger partial charge on any atom is -0.480 e. The van der Waals surface area contributed by atoms with Gasteiger partial charge in [0.15, 0.2) is 0 Å². The zero-order valence-corrected chi connectivity index (χ0v) is 19.4. The van der Waals surface area contributed by atoms with Crippen molar-refractivity contribution in [1.29, 1.82) is 0 Å². The van der Waals surface area contributed by atoms with Gasteiger partial charge in [0.2, 0.25) is 11.8 Å². The Hall–Kier alpha value is -4.53. The monoisotopic (exact) mass is 480 g/mol. The molecule has 5 aromatic rings. The van der Waals surface area contributed by atoms with Gasteiger partial charge in [-0.05, 0) is 42.7 Å². The highest BCUT2D eigenvalue weighted by Crippen LogP contribution is 2.46. The maximum Gasteiger partial charge on any atom is 0.250 e. The first-order chi connectivity index (χ1) is 17.7. The van der Waals surface area contributed by atoms with Crippen molar-refractivity contribution in [3.63, 3.8) is 0 Å². The molecular formula is C27H21FN6O2. The molecule has 0 unspecified atom stereocenters. The van der Waals surface area contributed by atoms with Gasteiger partial charge in [0.1, 0.15) is 12.1 Å². The summed E-state index contributed by atoms with van der Waals surface area (Å²) in [7, 11) is 1.52. The third-order valence-corrected chi connectivity index (χ3v) is 6.07. The van der Waals surface area contributed by atoms with Crippen LogP contribution in [0.25, 0.3) is 34.0 Å². The molecule has 8 nitrogen and oxygen atoms in total. The van der Waals surface area contributed by atoms with Gasteiger partial charge in [-0.3, -0.25) is 9.97 Å². The van der Waals surface area contributed by atoms with Gasteiger partial charge in [0.05, 0.1) is 41.7 Å². The predicted octanol–water partition coefficient (Wildman–Crippen LogP) is 5.27. The minimum absolute atomic E-state index is 0.103. The SMILES string of the molecule is COc1ncnc(C2CC2)c1-c1cccc(-c2nnc(Cc3ccc(-c4ccccn4)nc3)o2)c1F. The summed E-state index contributed by atoms with van der Waals surface area (Å²) in [6.07, 6.45) is 7.33. The van der Waals surface area contributed by atoms with E-state index in [1.54, 1.807) is 30.6 Å². The van der Waals surface area contributed by atoms with E-state index in [1.807, 2.05) is 30.3 Å². The molecule has 0 radical (unpaired) electrons. The van der Waals surface area contributed by atoms with Gasteiger partial charge < -0.3 is 9.15 Å². The Morgan fingerprint density at radius 2 is 1.78 bits per heavy atom. The molecule has 4 aromatic heterocycles. The largest absolute Gasteiger partial charge is 0.480 e. The summed E-state index contributed by atoms with van der Waals surface area (Å²) in [6, 6.07) is 14.6. The van der Waals surface area contributed by atoms with Crippen LogP contribution >= 0.6 is 0 Å². The van der Waals surface area contributed by atoms with Crippen molar-refractivity contribution in [2.24, 2.45) is 0 Å². The van der Waals surface area contributed by atoms with Crippen LogP contribution in [-0.2, 0) is 6.42 Å². The van der Waals surface area contributed by atoms with Crippen molar-refractivity contribution in [1.82, 2.24) is 30.1 Å². The first-order valence-electron chi connectivity index (χ1n) is 11.6. The molecule has 1 aliphatic rings. The molecule has 0 saturated heterocycles. The van der Waals surface area contributed by atoms with Crippen LogP contribution in [0.15, 0.2) is 71.7 Å². The summed E-state index contributed by atoms with van der Waals surface area (Å²) >= 11 is 0. The standard InChI is InChI=1S/C27H21FN6O2/c1-35-27-23(25(17-9-10-17)31-15-32-27)18-5-4-6-19(24(18)28)26-34-33-22(36-26)13-16-8-11-21(30-14-16)20-7-2-3-12-29-20/h2-8,11-12,14-15,17H,9-10,13H2,1H3. The second-order valence-electron chi connectivity index (χ2n) is 8.53. The lowest BCUT2D eigenvalue weighted by Gasteiger charge is -2.13. The first-order valence-corrected chi connectivity index (χ1v) is 11.6. The molecule has 0 N–H and O–H groups in total. The van der Waals surface area contributed by atoms with Crippen LogP contribution in [0.2, 0.25) is 0 Å². The second-order valence-corrected chi connectivity index (χ2v) is 8.53. The van der Waals surface area contributed by atoms with E-state index < -0.39 is 5.82 Å². The molecule has 9 heteroatoms. The number of halogens is 1. The van der Waals surface area contributed by atoms with Crippen LogP contribution in [0.4, 0.5) is 4.39 Å². The van der Waals surface area contributed by atoms with E-state index in [-0.39, 0.29) is 17.4 Å². The average molecular weight is 481 g/mol. The zero-order valence-electron chi connectivity index (χ0n) is 19.4. The zero-order chi connectivity index (χ0) is 24.5. The second kappa shape index (κ2) is 9.26. The third kappa shape index (κ3) is 4.19. The van der Waals surface area contributed by atoms with E-state index in [0.29, 0.717) is 29.3 Å². The maximum atomic E-state index is 15.8. The number of pyridine rings is 2. The van der Waals surface area contributed by atoms with Crippen molar-refractivity contribution in [3.8, 4) is 39.8 Å². The lowest BCUT2D eigenvalue weighted by molar-refractivity contribution is 0.397.